The van der Waals surface area contributed by atoms with Crippen LogP contribution >= 0.6 is 11.3 Å². The largest absolute Gasteiger partial charge is 0.366 e. The first-order valence-corrected chi connectivity index (χ1v) is 24.3. The van der Waals surface area contributed by atoms with Crippen LogP contribution in [0.2, 0.25) is 0 Å². The zero-order chi connectivity index (χ0) is 46.0. The van der Waals surface area contributed by atoms with E-state index in [1.165, 1.54) is 23.5 Å². The van der Waals surface area contributed by atoms with Gasteiger partial charge in [0.05, 0.1) is 44.3 Å². The molecule has 0 unspecified atom stereocenters. The zero-order valence-corrected chi connectivity index (χ0v) is 38.4. The number of thiazole rings is 1. The Bertz CT molecular complexity index is 2690. The molecule has 3 N–H and O–H groups in total. The predicted octanol–water partition coefficient (Wildman–Crippen LogP) is 7.22. The molecule has 3 fully saturated rings. The molecule has 3 saturated heterocycles. The molecule has 3 aliphatic heterocycles. The number of carbonyl (C=O) groups is 3. The van der Waals surface area contributed by atoms with Gasteiger partial charge in [-0.2, -0.15) is 0 Å². The second-order valence-electron chi connectivity index (χ2n) is 17.6. The summed E-state index contributed by atoms with van der Waals surface area (Å²) in [6.45, 7) is 11.0. The smallest absolute Gasteiger partial charge is 0.234 e. The molecule has 1 atom stereocenters. The van der Waals surface area contributed by atoms with Crippen molar-refractivity contribution in [2.75, 3.05) is 64.9 Å². The third kappa shape index (κ3) is 10.3. The quantitative estimate of drug-likeness (QED) is 0.107. The minimum Gasteiger partial charge on any atom is -0.366 e. The van der Waals surface area contributed by atoms with Crippen molar-refractivity contribution in [2.24, 2.45) is 5.92 Å². The SMILES string of the molecule is CCCS(=O)(=O)Nc1cccc(-c2nc(C(C)(C)C)sc2-c2ccnc(Nc3ccc(N4CCN(C(=O)C5CCN(c6ccc([C@@H]7CCC(=O)NC7=O)cn6)CC5)CC4)c(F)c3)n2)c1F. The van der Waals surface area contributed by atoms with Crippen LogP contribution in [0, 0.1) is 17.6 Å². The Morgan fingerprint density at radius 3 is 2.37 bits per heavy atom. The average molecular weight is 927 g/mol. The number of aromatic nitrogens is 4. The highest BCUT2D eigenvalue weighted by Gasteiger charge is 2.33. The number of rotatable bonds is 12. The Labute approximate surface area is 381 Å². The first-order valence-electron chi connectivity index (χ1n) is 21.9. The third-order valence-corrected chi connectivity index (χ3v) is 14.8. The van der Waals surface area contributed by atoms with Crippen molar-refractivity contribution in [3.63, 3.8) is 0 Å². The topological polar surface area (TPSA) is 183 Å². The lowest BCUT2D eigenvalue weighted by Crippen LogP contribution is -2.52. The first-order chi connectivity index (χ1) is 31.1. The molecule has 5 aromatic rings. The molecule has 0 saturated carbocycles. The summed E-state index contributed by atoms with van der Waals surface area (Å²) in [5.74, 6) is -1.29. The molecule has 0 radical (unpaired) electrons. The van der Waals surface area contributed by atoms with Crippen molar-refractivity contribution in [1.29, 1.82) is 0 Å². The number of benzene rings is 2. The Hall–Kier alpha value is -6.08. The Kier molecular flexibility index (Phi) is 13.2. The molecule has 19 heteroatoms. The molecular formula is C46H52F2N10O5S2. The number of carbonyl (C=O) groups excluding carboxylic acids is 3. The number of amides is 3. The minimum absolute atomic E-state index is 0.112. The normalized spacial score (nSPS) is 17.6. The molecule has 65 heavy (non-hydrogen) atoms. The van der Waals surface area contributed by atoms with Crippen molar-refractivity contribution in [2.45, 2.75) is 71.1 Å². The summed E-state index contributed by atoms with van der Waals surface area (Å²) in [5.41, 5.74) is 1.95. The Morgan fingerprint density at radius 1 is 0.923 bits per heavy atom. The molecule has 6 heterocycles. The van der Waals surface area contributed by atoms with Gasteiger partial charge in [0, 0.05) is 80.7 Å². The Morgan fingerprint density at radius 2 is 1.69 bits per heavy atom. The summed E-state index contributed by atoms with van der Waals surface area (Å²) >= 11 is 1.35. The van der Waals surface area contributed by atoms with Crippen molar-refractivity contribution < 1.29 is 31.6 Å². The highest BCUT2D eigenvalue weighted by molar-refractivity contribution is 7.92. The number of pyridine rings is 1. The van der Waals surface area contributed by atoms with E-state index in [1.54, 1.807) is 49.6 Å². The number of hydrogen-bond donors (Lipinski definition) is 3. The van der Waals surface area contributed by atoms with Crippen LogP contribution < -0.4 is 25.2 Å². The molecule has 2 aromatic carbocycles. The monoisotopic (exact) mass is 926 g/mol. The average Bonchev–Trinajstić information content (AvgIpc) is 3.74. The maximum absolute atomic E-state index is 16.1. The van der Waals surface area contributed by atoms with E-state index in [-0.39, 0.29) is 57.9 Å². The number of piperidine rings is 2. The van der Waals surface area contributed by atoms with E-state index < -0.39 is 21.7 Å². The van der Waals surface area contributed by atoms with Gasteiger partial charge in [0.15, 0.2) is 5.82 Å². The van der Waals surface area contributed by atoms with E-state index in [9.17, 15) is 22.8 Å². The second-order valence-corrected chi connectivity index (χ2v) is 20.5. The van der Waals surface area contributed by atoms with Crippen LogP contribution in [0.25, 0.3) is 21.8 Å². The molecule has 15 nitrogen and oxygen atoms in total. The minimum atomic E-state index is -3.75. The molecule has 3 amide bonds. The van der Waals surface area contributed by atoms with Gasteiger partial charge in [0.25, 0.3) is 0 Å². The van der Waals surface area contributed by atoms with Gasteiger partial charge in [-0.1, -0.05) is 39.8 Å². The van der Waals surface area contributed by atoms with E-state index in [2.05, 4.69) is 30.2 Å². The van der Waals surface area contributed by atoms with Gasteiger partial charge < -0.3 is 20.0 Å². The number of nitrogens with zero attached hydrogens (tertiary/aromatic N) is 7. The summed E-state index contributed by atoms with van der Waals surface area (Å²) in [6, 6.07) is 14.8. The Balaban J connectivity index is 0.882. The number of imide groups is 1. The number of anilines is 5. The van der Waals surface area contributed by atoms with Crippen LogP contribution in [-0.2, 0) is 29.8 Å². The van der Waals surface area contributed by atoms with E-state index in [1.807, 2.05) is 42.7 Å². The van der Waals surface area contributed by atoms with Gasteiger partial charge in [0.1, 0.15) is 11.6 Å². The maximum atomic E-state index is 16.1. The third-order valence-electron chi connectivity index (χ3n) is 11.9. The summed E-state index contributed by atoms with van der Waals surface area (Å²) in [7, 11) is -3.75. The van der Waals surface area contributed by atoms with Crippen LogP contribution in [0.5, 0.6) is 0 Å². The fraction of sp³-hybridized carbons (Fsp3) is 0.413. The first kappa shape index (κ1) is 45.5. The van der Waals surface area contributed by atoms with Gasteiger partial charge in [-0.05, 0) is 73.7 Å². The van der Waals surface area contributed by atoms with Crippen LogP contribution in [-0.4, -0.2) is 96.0 Å². The highest BCUT2D eigenvalue weighted by Crippen LogP contribution is 2.42. The van der Waals surface area contributed by atoms with Crippen molar-refractivity contribution >= 4 is 67.9 Å². The van der Waals surface area contributed by atoms with Gasteiger partial charge in [0.2, 0.25) is 33.7 Å². The number of piperazine rings is 1. The zero-order valence-electron chi connectivity index (χ0n) is 36.7. The predicted molar refractivity (Wildman–Crippen MR) is 248 cm³/mol. The standard InChI is InChI=1S/C46H52F2N10O5S2/c1-5-25-65(62,63)55-34-8-6-7-32(39(34)48)40-41(64-44(54-40)46(2,3)4)35-15-18-49-45(52-35)51-30-10-12-36(33(47)26-30)56-21-23-58(24-22-56)43(61)28-16-19-57(20-17-28)37-13-9-29(27-50-37)31-11-14-38(59)53-42(31)60/h6-10,12-13,15,18,26-28,31,55H,5,11,14,16-17,19-25H2,1-4H3,(H,49,51,52)(H,53,59,60)/t31-/m0/s1. The van der Waals surface area contributed by atoms with Crippen LogP contribution in [0.3, 0.4) is 0 Å². The summed E-state index contributed by atoms with van der Waals surface area (Å²) < 4.78 is 59.3. The lowest BCUT2D eigenvalue weighted by atomic mass is 9.91. The number of halogens is 2. The molecular weight excluding hydrogens is 875 g/mol. The molecule has 0 spiro atoms. The van der Waals surface area contributed by atoms with Crippen LogP contribution in [0.1, 0.15) is 76.3 Å². The van der Waals surface area contributed by atoms with Gasteiger partial charge in [-0.3, -0.25) is 24.4 Å². The van der Waals surface area contributed by atoms with Crippen LogP contribution in [0.4, 0.5) is 37.6 Å². The highest BCUT2D eigenvalue weighted by atomic mass is 32.2. The molecule has 3 aliphatic rings. The molecule has 3 aromatic heterocycles. The molecule has 0 aliphatic carbocycles. The summed E-state index contributed by atoms with van der Waals surface area (Å²) in [4.78, 5) is 62.5. The van der Waals surface area contributed by atoms with Crippen molar-refractivity contribution in [1.82, 2.24) is 30.2 Å². The summed E-state index contributed by atoms with van der Waals surface area (Å²) in [5, 5.41) is 6.22. The van der Waals surface area contributed by atoms with Gasteiger partial charge >= 0.3 is 0 Å². The number of sulfonamides is 1. The molecule has 0 bridgehead atoms. The van der Waals surface area contributed by atoms with Gasteiger partial charge in [-0.25, -0.2) is 37.1 Å². The van der Waals surface area contributed by atoms with E-state index >= 15 is 8.78 Å². The van der Waals surface area contributed by atoms with E-state index in [0.717, 1.165) is 16.4 Å². The fourth-order valence-electron chi connectivity index (χ4n) is 8.38. The fourth-order valence-corrected chi connectivity index (χ4v) is 10.6. The second kappa shape index (κ2) is 18.8. The van der Waals surface area contributed by atoms with Crippen LogP contribution in [0.15, 0.2) is 67.0 Å². The number of nitrogens with one attached hydrogen (secondary N) is 3. The van der Waals surface area contributed by atoms with Crippen molar-refractivity contribution in [3.05, 3.63) is 89.2 Å². The number of hydrogen-bond acceptors (Lipinski definition) is 13. The van der Waals surface area contributed by atoms with Gasteiger partial charge in [-0.15, -0.1) is 11.3 Å². The lowest BCUT2D eigenvalue weighted by Gasteiger charge is -2.39. The molecule has 342 valence electrons. The summed E-state index contributed by atoms with van der Waals surface area (Å²) in [6.07, 6.45) is 5.78. The van der Waals surface area contributed by atoms with Crippen molar-refractivity contribution in [3.8, 4) is 21.8 Å². The van der Waals surface area contributed by atoms with E-state index in [0.29, 0.717) is 99.0 Å². The van der Waals surface area contributed by atoms with E-state index in [4.69, 9.17) is 9.97 Å². The lowest BCUT2D eigenvalue weighted by molar-refractivity contribution is -0.136. The maximum Gasteiger partial charge on any atom is 0.234 e. The molecule has 8 rings (SSSR count).